The number of carbonyl (C=O) groups is 1. The fraction of sp³-hybridized carbons (Fsp3) is 0.375. The molecule has 8 heteroatoms. The summed E-state index contributed by atoms with van der Waals surface area (Å²) in [7, 11) is 0.703. The molecule has 2 aromatic rings. The average molecular weight is 441 g/mol. The number of nitrogens with one attached hydrogen (secondary N) is 1. The minimum absolute atomic E-state index is 0.109. The summed E-state index contributed by atoms with van der Waals surface area (Å²) in [4.78, 5) is 12.3. The lowest BCUT2D eigenvalue weighted by Crippen LogP contribution is -2.41. The molecule has 0 spiro atoms. The molecule has 32 heavy (non-hydrogen) atoms. The third-order valence-corrected chi connectivity index (χ3v) is 5.73. The van der Waals surface area contributed by atoms with E-state index in [1.807, 2.05) is 58.0 Å². The van der Waals surface area contributed by atoms with E-state index in [1.54, 1.807) is 18.2 Å². The van der Waals surface area contributed by atoms with Crippen molar-refractivity contribution in [1.82, 2.24) is 5.32 Å². The molecule has 0 aromatic heterocycles. The number of hydrogen-bond donors (Lipinski definition) is 1. The molecule has 2 aromatic carbocycles. The number of hydrogen-bond acceptors (Lipinski definition) is 5. The Kier molecular flexibility index (Phi) is 7.26. The Morgan fingerprint density at radius 3 is 2.34 bits per heavy atom. The first-order valence-corrected chi connectivity index (χ1v) is 10.5. The molecule has 1 heterocycles. The summed E-state index contributed by atoms with van der Waals surface area (Å²) in [5, 5.41) is 2.73. The van der Waals surface area contributed by atoms with Gasteiger partial charge in [0.25, 0.3) is 0 Å². The van der Waals surface area contributed by atoms with Crippen molar-refractivity contribution in [2.75, 3.05) is 13.7 Å². The van der Waals surface area contributed by atoms with Crippen LogP contribution in [0.1, 0.15) is 38.8 Å². The van der Waals surface area contributed by atoms with Crippen LogP contribution in [0.5, 0.6) is 5.75 Å². The smallest absolute Gasteiger partial charge is 0.492 e. The number of halogens is 1. The standard InChI is InChI=1S/C24H29BFNO5/c1-23(2)24(3,4)32-25(31-23)19(13-18-11-12-21(29-5)20(26)14-18)15-27-22(28)30-16-17-9-7-6-8-10-17/h6-14H,15-16H2,1-5H3,(H,27,28). The molecule has 1 N–H and O–H groups in total. The van der Waals surface area contributed by atoms with Crippen molar-refractivity contribution in [2.24, 2.45) is 0 Å². The van der Waals surface area contributed by atoms with Gasteiger partial charge in [0, 0.05) is 6.54 Å². The van der Waals surface area contributed by atoms with E-state index < -0.39 is 30.2 Å². The Hall–Kier alpha value is -2.84. The zero-order valence-corrected chi connectivity index (χ0v) is 19.1. The number of rotatable bonds is 7. The van der Waals surface area contributed by atoms with Crippen molar-refractivity contribution >= 4 is 19.3 Å². The van der Waals surface area contributed by atoms with Gasteiger partial charge in [0.15, 0.2) is 11.6 Å². The largest absolute Gasteiger partial charge is 0.494 e. The molecule has 0 radical (unpaired) electrons. The monoisotopic (exact) mass is 441 g/mol. The Labute approximate surface area is 188 Å². The number of ether oxygens (including phenoxy) is 2. The molecule has 0 saturated carbocycles. The van der Waals surface area contributed by atoms with Gasteiger partial charge in [-0.15, -0.1) is 0 Å². The Balaban J connectivity index is 1.75. The third kappa shape index (κ3) is 5.69. The highest BCUT2D eigenvalue weighted by atomic mass is 19.1. The predicted octanol–water partition coefficient (Wildman–Crippen LogP) is 4.78. The van der Waals surface area contributed by atoms with Gasteiger partial charge in [-0.25, -0.2) is 9.18 Å². The van der Waals surface area contributed by atoms with Crippen molar-refractivity contribution in [1.29, 1.82) is 0 Å². The van der Waals surface area contributed by atoms with Crippen LogP contribution in [0.4, 0.5) is 9.18 Å². The lowest BCUT2D eigenvalue weighted by molar-refractivity contribution is 0.00578. The SMILES string of the molecule is COc1ccc(C=C(CNC(=O)OCc2ccccc2)B2OC(C)(C)C(C)(C)O2)cc1F. The number of alkyl carbamates (subject to hydrolysis) is 1. The normalized spacial score (nSPS) is 17.2. The van der Waals surface area contributed by atoms with E-state index in [2.05, 4.69) is 5.32 Å². The summed E-state index contributed by atoms with van der Waals surface area (Å²) >= 11 is 0. The third-order valence-electron chi connectivity index (χ3n) is 5.73. The van der Waals surface area contributed by atoms with Gasteiger partial charge in [-0.2, -0.15) is 0 Å². The highest BCUT2D eigenvalue weighted by Crippen LogP contribution is 2.38. The molecule has 1 saturated heterocycles. The molecule has 0 atom stereocenters. The average Bonchev–Trinajstić information content (AvgIpc) is 2.97. The zero-order chi connectivity index (χ0) is 23.4. The first-order chi connectivity index (χ1) is 15.1. The van der Waals surface area contributed by atoms with E-state index in [-0.39, 0.29) is 18.9 Å². The maximum atomic E-state index is 14.2. The van der Waals surface area contributed by atoms with E-state index in [4.69, 9.17) is 18.8 Å². The van der Waals surface area contributed by atoms with Crippen molar-refractivity contribution in [2.45, 2.75) is 45.5 Å². The van der Waals surface area contributed by atoms with Crippen molar-refractivity contribution in [3.8, 4) is 5.75 Å². The summed E-state index contributed by atoms with van der Waals surface area (Å²) in [5.74, 6) is -0.327. The molecule has 0 bridgehead atoms. The molecule has 0 unspecified atom stereocenters. The van der Waals surface area contributed by atoms with E-state index in [0.717, 1.165) is 5.56 Å². The van der Waals surface area contributed by atoms with Gasteiger partial charge in [-0.3, -0.25) is 0 Å². The zero-order valence-electron chi connectivity index (χ0n) is 19.1. The first kappa shape index (κ1) is 23.8. The lowest BCUT2D eigenvalue weighted by atomic mass is 9.77. The van der Waals surface area contributed by atoms with Crippen LogP contribution >= 0.6 is 0 Å². The second-order valence-electron chi connectivity index (χ2n) is 8.62. The Morgan fingerprint density at radius 2 is 1.75 bits per heavy atom. The van der Waals surface area contributed by atoms with Gasteiger partial charge in [0.05, 0.1) is 18.3 Å². The van der Waals surface area contributed by atoms with Gasteiger partial charge >= 0.3 is 13.2 Å². The van der Waals surface area contributed by atoms with Crippen LogP contribution in [0.15, 0.2) is 54.0 Å². The highest BCUT2D eigenvalue weighted by Gasteiger charge is 2.52. The van der Waals surface area contributed by atoms with Crippen LogP contribution in [0.25, 0.3) is 6.08 Å². The van der Waals surface area contributed by atoms with Gasteiger partial charge in [0.1, 0.15) is 6.61 Å². The van der Waals surface area contributed by atoms with Crippen LogP contribution in [-0.2, 0) is 20.7 Å². The molecule has 1 fully saturated rings. The second kappa shape index (κ2) is 9.75. The molecule has 170 valence electrons. The fourth-order valence-electron chi connectivity index (χ4n) is 3.13. The molecule has 1 aliphatic heterocycles. The van der Waals surface area contributed by atoms with Gasteiger partial charge < -0.3 is 24.1 Å². The maximum absolute atomic E-state index is 14.2. The first-order valence-electron chi connectivity index (χ1n) is 10.5. The van der Waals surface area contributed by atoms with Crippen molar-refractivity contribution < 1.29 is 28.0 Å². The fourth-order valence-corrected chi connectivity index (χ4v) is 3.13. The Morgan fingerprint density at radius 1 is 1.09 bits per heavy atom. The molecule has 1 aliphatic rings. The number of methoxy groups -OCH3 is 1. The summed E-state index contributed by atoms with van der Waals surface area (Å²) < 4.78 is 36.7. The van der Waals surface area contributed by atoms with Crippen LogP contribution < -0.4 is 10.1 Å². The summed E-state index contributed by atoms with van der Waals surface area (Å²) in [6, 6.07) is 14.0. The summed E-state index contributed by atoms with van der Waals surface area (Å²) in [5.41, 5.74) is 0.987. The van der Waals surface area contributed by atoms with E-state index >= 15 is 0 Å². The molecular formula is C24H29BFNO5. The van der Waals surface area contributed by atoms with Crippen LogP contribution in [-0.4, -0.2) is 38.1 Å². The highest BCUT2D eigenvalue weighted by molar-refractivity contribution is 6.56. The van der Waals surface area contributed by atoms with Gasteiger partial charge in [0.2, 0.25) is 0 Å². The van der Waals surface area contributed by atoms with Gasteiger partial charge in [-0.1, -0.05) is 42.5 Å². The number of benzene rings is 2. The number of carbonyl (C=O) groups excluding carboxylic acids is 1. The maximum Gasteiger partial charge on any atom is 0.492 e. The summed E-state index contributed by atoms with van der Waals surface area (Å²) in [6.45, 7) is 8.04. The molecule has 6 nitrogen and oxygen atoms in total. The quantitative estimate of drug-likeness (QED) is 0.627. The van der Waals surface area contributed by atoms with E-state index in [0.29, 0.717) is 11.0 Å². The predicted molar refractivity (Wildman–Crippen MR) is 122 cm³/mol. The Bertz CT molecular complexity index is 962. The van der Waals surface area contributed by atoms with Crippen molar-refractivity contribution in [3.63, 3.8) is 0 Å². The molecular weight excluding hydrogens is 412 g/mol. The van der Waals surface area contributed by atoms with Crippen LogP contribution in [0.2, 0.25) is 0 Å². The molecule has 3 rings (SSSR count). The lowest BCUT2D eigenvalue weighted by Gasteiger charge is -2.32. The van der Waals surface area contributed by atoms with Crippen LogP contribution in [0, 0.1) is 5.82 Å². The number of amides is 1. The van der Waals surface area contributed by atoms with Crippen LogP contribution in [0.3, 0.4) is 0 Å². The van der Waals surface area contributed by atoms with Gasteiger partial charge in [-0.05, 0) is 56.4 Å². The molecule has 0 aliphatic carbocycles. The summed E-state index contributed by atoms with van der Waals surface area (Å²) in [6.07, 6.45) is 1.17. The molecule has 1 amide bonds. The van der Waals surface area contributed by atoms with E-state index in [9.17, 15) is 9.18 Å². The minimum Gasteiger partial charge on any atom is -0.494 e. The van der Waals surface area contributed by atoms with Crippen molar-refractivity contribution in [3.05, 3.63) is 70.9 Å². The second-order valence-corrected chi connectivity index (χ2v) is 8.62. The van der Waals surface area contributed by atoms with E-state index in [1.165, 1.54) is 13.2 Å². The minimum atomic E-state index is -0.709. The topological polar surface area (TPSA) is 66.0 Å².